The number of carbonyl (C=O) groups excluding carboxylic acids is 1. The van der Waals surface area contributed by atoms with Crippen molar-refractivity contribution in [3.63, 3.8) is 0 Å². The molecule has 1 N–H and O–H groups in total. The zero-order valence-corrected chi connectivity index (χ0v) is 10.8. The van der Waals surface area contributed by atoms with E-state index in [0.29, 0.717) is 4.91 Å². The van der Waals surface area contributed by atoms with Crippen molar-refractivity contribution in [3.05, 3.63) is 40.8 Å². The summed E-state index contributed by atoms with van der Waals surface area (Å²) in [6.07, 6.45) is 0. The molecule has 86 valence electrons. The monoisotopic (exact) mass is 255 g/mol. The van der Waals surface area contributed by atoms with E-state index in [2.05, 4.69) is 5.32 Å². The first-order chi connectivity index (χ1) is 7.63. The topological polar surface area (TPSA) is 29.1 Å². The molecule has 0 atom stereocenters. The van der Waals surface area contributed by atoms with Gasteiger partial charge in [0.15, 0.2) is 0 Å². The number of thioether (sulfide) groups is 1. The fourth-order valence-corrected chi connectivity index (χ4v) is 2.04. The molecule has 0 saturated heterocycles. The van der Waals surface area contributed by atoms with Gasteiger partial charge < -0.3 is 5.32 Å². The second kappa shape index (κ2) is 6.61. The largest absolute Gasteiger partial charge is 0.349 e. The number of amides is 1. The zero-order chi connectivity index (χ0) is 12.0. The Morgan fingerprint density at radius 1 is 1.38 bits per heavy atom. The first kappa shape index (κ1) is 13.1. The van der Waals surface area contributed by atoms with Gasteiger partial charge in [-0.25, -0.2) is 0 Å². The van der Waals surface area contributed by atoms with Gasteiger partial charge in [-0.05, 0) is 26.0 Å². The van der Waals surface area contributed by atoms with Gasteiger partial charge in [-0.15, -0.1) is 0 Å². The maximum atomic E-state index is 11.7. The predicted molar refractivity (Wildman–Crippen MR) is 69.5 cm³/mol. The Bertz CT molecular complexity index is 376. The molecule has 0 unspecified atom stereocenters. The van der Waals surface area contributed by atoms with E-state index in [9.17, 15) is 4.79 Å². The Morgan fingerprint density at radius 2 is 2.00 bits per heavy atom. The van der Waals surface area contributed by atoms with E-state index in [0.717, 1.165) is 4.90 Å². The highest BCUT2D eigenvalue weighted by Gasteiger charge is 2.11. The Hall–Kier alpha value is -0.930. The van der Waals surface area contributed by atoms with Gasteiger partial charge in [0.2, 0.25) is 0 Å². The zero-order valence-electron chi connectivity index (χ0n) is 9.24. The van der Waals surface area contributed by atoms with E-state index in [-0.39, 0.29) is 11.9 Å². The first-order valence-corrected chi connectivity index (χ1v) is 6.23. The standard InChI is InChI=1S/C12H14ClNOS/c1-9(2)14-12(15)11(8-13)16-10-6-4-3-5-7-10/h3-9H,1-2H3,(H,14,15)/b11-8-. The second-order valence-corrected chi connectivity index (χ2v) is 4.85. The maximum Gasteiger partial charge on any atom is 0.259 e. The molecule has 4 heteroatoms. The average molecular weight is 256 g/mol. The summed E-state index contributed by atoms with van der Waals surface area (Å²) in [5.41, 5.74) is 1.31. The first-order valence-electron chi connectivity index (χ1n) is 4.97. The fraction of sp³-hybridized carbons (Fsp3) is 0.250. The normalized spacial score (nSPS) is 11.6. The summed E-state index contributed by atoms with van der Waals surface area (Å²) in [5.74, 6) is -0.140. The van der Waals surface area contributed by atoms with E-state index >= 15 is 0 Å². The highest BCUT2D eigenvalue weighted by molar-refractivity contribution is 8.04. The third kappa shape index (κ3) is 4.29. The maximum absolute atomic E-state index is 11.7. The van der Waals surface area contributed by atoms with Crippen LogP contribution in [0.25, 0.3) is 0 Å². The van der Waals surface area contributed by atoms with E-state index in [4.69, 9.17) is 11.6 Å². The molecule has 0 saturated carbocycles. The molecule has 1 rings (SSSR count). The van der Waals surface area contributed by atoms with Crippen LogP contribution in [-0.2, 0) is 4.79 Å². The van der Waals surface area contributed by atoms with Crippen molar-refractivity contribution in [2.24, 2.45) is 0 Å². The van der Waals surface area contributed by atoms with Gasteiger partial charge in [0.25, 0.3) is 5.91 Å². The lowest BCUT2D eigenvalue weighted by atomic mass is 10.4. The molecular formula is C12H14ClNOS. The van der Waals surface area contributed by atoms with Gasteiger partial charge >= 0.3 is 0 Å². The van der Waals surface area contributed by atoms with Crippen molar-refractivity contribution in [1.82, 2.24) is 5.32 Å². The van der Waals surface area contributed by atoms with E-state index < -0.39 is 0 Å². The van der Waals surface area contributed by atoms with Crippen LogP contribution in [-0.4, -0.2) is 11.9 Å². The van der Waals surface area contributed by atoms with Gasteiger partial charge in [-0.3, -0.25) is 4.79 Å². The molecule has 0 aromatic heterocycles. The van der Waals surface area contributed by atoms with Crippen LogP contribution in [0.15, 0.2) is 45.7 Å². The lowest BCUT2D eigenvalue weighted by Crippen LogP contribution is -2.30. The van der Waals surface area contributed by atoms with Crippen LogP contribution < -0.4 is 5.32 Å². The minimum Gasteiger partial charge on any atom is -0.349 e. The number of hydrogen-bond donors (Lipinski definition) is 1. The van der Waals surface area contributed by atoms with Crippen LogP contribution in [0.2, 0.25) is 0 Å². The molecule has 16 heavy (non-hydrogen) atoms. The Kier molecular flexibility index (Phi) is 5.43. The summed E-state index contributed by atoms with van der Waals surface area (Å²) in [5, 5.41) is 2.80. The van der Waals surface area contributed by atoms with E-state index in [1.54, 1.807) is 0 Å². The van der Waals surface area contributed by atoms with Crippen molar-refractivity contribution >= 4 is 29.3 Å². The number of nitrogens with one attached hydrogen (secondary N) is 1. The molecule has 0 aliphatic heterocycles. The van der Waals surface area contributed by atoms with Crippen molar-refractivity contribution in [2.75, 3.05) is 0 Å². The number of halogens is 1. The highest BCUT2D eigenvalue weighted by Crippen LogP contribution is 2.26. The average Bonchev–Trinajstić information content (AvgIpc) is 2.26. The molecule has 2 nitrogen and oxygen atoms in total. The van der Waals surface area contributed by atoms with Crippen LogP contribution in [0, 0.1) is 0 Å². The highest BCUT2D eigenvalue weighted by atomic mass is 35.5. The van der Waals surface area contributed by atoms with Gasteiger partial charge in [0, 0.05) is 16.5 Å². The molecule has 0 radical (unpaired) electrons. The number of benzene rings is 1. The third-order valence-electron chi connectivity index (χ3n) is 1.71. The Morgan fingerprint density at radius 3 is 2.50 bits per heavy atom. The summed E-state index contributed by atoms with van der Waals surface area (Å²) in [7, 11) is 0. The van der Waals surface area contributed by atoms with Crippen LogP contribution in [0.3, 0.4) is 0 Å². The summed E-state index contributed by atoms with van der Waals surface area (Å²) in [6.45, 7) is 3.83. The van der Waals surface area contributed by atoms with Crippen molar-refractivity contribution in [1.29, 1.82) is 0 Å². The molecule has 0 spiro atoms. The third-order valence-corrected chi connectivity index (χ3v) is 3.09. The van der Waals surface area contributed by atoms with Gasteiger partial charge in [0.1, 0.15) is 0 Å². The van der Waals surface area contributed by atoms with Crippen molar-refractivity contribution in [3.8, 4) is 0 Å². The molecule has 0 heterocycles. The Balaban J connectivity index is 2.67. The minimum absolute atomic E-state index is 0.107. The van der Waals surface area contributed by atoms with E-state index in [1.165, 1.54) is 17.3 Å². The number of carbonyl (C=O) groups is 1. The minimum atomic E-state index is -0.140. The summed E-state index contributed by atoms with van der Waals surface area (Å²) in [6, 6.07) is 9.77. The van der Waals surface area contributed by atoms with Gasteiger partial charge in [-0.2, -0.15) is 0 Å². The lowest BCUT2D eigenvalue weighted by Gasteiger charge is -2.10. The van der Waals surface area contributed by atoms with Crippen molar-refractivity contribution in [2.45, 2.75) is 24.8 Å². The predicted octanol–water partition coefficient (Wildman–Crippen LogP) is 3.38. The number of rotatable bonds is 4. The number of hydrogen-bond acceptors (Lipinski definition) is 2. The molecule has 1 amide bonds. The van der Waals surface area contributed by atoms with Crippen LogP contribution in [0.4, 0.5) is 0 Å². The Labute approximate surface area is 105 Å². The smallest absolute Gasteiger partial charge is 0.259 e. The molecule has 0 aliphatic carbocycles. The van der Waals surface area contributed by atoms with Crippen LogP contribution in [0.1, 0.15) is 13.8 Å². The molecule has 0 bridgehead atoms. The molecule has 1 aromatic rings. The van der Waals surface area contributed by atoms with Crippen LogP contribution in [0.5, 0.6) is 0 Å². The summed E-state index contributed by atoms with van der Waals surface area (Å²) in [4.78, 5) is 13.2. The van der Waals surface area contributed by atoms with Crippen LogP contribution >= 0.6 is 23.4 Å². The van der Waals surface area contributed by atoms with E-state index in [1.807, 2.05) is 44.2 Å². The van der Waals surface area contributed by atoms with Crippen molar-refractivity contribution < 1.29 is 4.79 Å². The molecular weight excluding hydrogens is 242 g/mol. The summed E-state index contributed by atoms with van der Waals surface area (Å²) >= 11 is 7.01. The molecule has 0 fully saturated rings. The van der Waals surface area contributed by atoms with Gasteiger partial charge in [0.05, 0.1) is 4.91 Å². The molecule has 1 aromatic carbocycles. The fourth-order valence-electron chi connectivity index (χ4n) is 1.07. The second-order valence-electron chi connectivity index (χ2n) is 3.52. The van der Waals surface area contributed by atoms with Gasteiger partial charge in [-0.1, -0.05) is 41.6 Å². The SMILES string of the molecule is CC(C)NC(=O)/C(=C/Cl)Sc1ccccc1. The summed E-state index contributed by atoms with van der Waals surface area (Å²) < 4.78 is 0. The quantitative estimate of drug-likeness (QED) is 0.660. The molecule has 0 aliphatic rings. The lowest BCUT2D eigenvalue weighted by molar-refractivity contribution is -0.117.